The van der Waals surface area contributed by atoms with Gasteiger partial charge in [-0.25, -0.2) is 19.7 Å². The molecule has 0 aliphatic rings. The van der Waals surface area contributed by atoms with Gasteiger partial charge in [-0.05, 0) is 0 Å². The molecule has 0 fully saturated rings. The van der Waals surface area contributed by atoms with Gasteiger partial charge in [0, 0.05) is 0 Å². The Labute approximate surface area is 90.1 Å². The molecule has 2 rings (SSSR count). The van der Waals surface area contributed by atoms with Gasteiger partial charge < -0.3 is 10.5 Å². The molecule has 0 aromatic carbocycles. The predicted molar refractivity (Wildman–Crippen MR) is 52.7 cm³/mol. The van der Waals surface area contributed by atoms with E-state index >= 15 is 0 Å². The van der Waals surface area contributed by atoms with Gasteiger partial charge >= 0.3 is 5.97 Å². The van der Waals surface area contributed by atoms with Crippen LogP contribution in [0.3, 0.4) is 0 Å². The van der Waals surface area contributed by atoms with Crippen LogP contribution in [0.15, 0.2) is 18.9 Å². The summed E-state index contributed by atoms with van der Waals surface area (Å²) in [6.45, 7) is 0. The molecule has 8 nitrogen and oxygen atoms in total. The van der Waals surface area contributed by atoms with E-state index < -0.39 is 5.97 Å². The van der Waals surface area contributed by atoms with E-state index in [1.807, 2.05) is 0 Å². The second-order valence-corrected chi connectivity index (χ2v) is 2.81. The normalized spacial score (nSPS) is 10.1. The summed E-state index contributed by atoms with van der Waals surface area (Å²) in [5.41, 5.74) is 5.98. The lowest BCUT2D eigenvalue weighted by atomic mass is 10.5. The Balaban J connectivity index is 2.39. The van der Waals surface area contributed by atoms with Crippen molar-refractivity contribution in [2.24, 2.45) is 0 Å². The number of ether oxygens (including phenoxy) is 1. The molecule has 2 aromatic rings. The first-order valence-corrected chi connectivity index (χ1v) is 4.28. The second kappa shape index (κ2) is 3.93. The van der Waals surface area contributed by atoms with Crippen molar-refractivity contribution in [3.05, 3.63) is 24.7 Å². The third-order valence-corrected chi connectivity index (χ3v) is 1.80. The van der Waals surface area contributed by atoms with Crippen molar-refractivity contribution in [3.8, 4) is 5.82 Å². The van der Waals surface area contributed by atoms with E-state index in [0.29, 0.717) is 11.5 Å². The van der Waals surface area contributed by atoms with Gasteiger partial charge in [0.15, 0.2) is 5.82 Å². The summed E-state index contributed by atoms with van der Waals surface area (Å²) in [7, 11) is 1.25. The van der Waals surface area contributed by atoms with Crippen LogP contribution in [0.2, 0.25) is 0 Å². The van der Waals surface area contributed by atoms with Crippen LogP contribution in [-0.4, -0.2) is 37.8 Å². The lowest BCUT2D eigenvalue weighted by Crippen LogP contribution is -2.07. The molecule has 0 radical (unpaired) electrons. The quantitative estimate of drug-likeness (QED) is 0.674. The Morgan fingerprint density at radius 3 is 3.00 bits per heavy atom. The van der Waals surface area contributed by atoms with Crippen LogP contribution in [0, 0.1) is 0 Å². The summed E-state index contributed by atoms with van der Waals surface area (Å²) < 4.78 is 5.76. The summed E-state index contributed by atoms with van der Waals surface area (Å²) >= 11 is 0. The van der Waals surface area contributed by atoms with E-state index in [1.165, 1.54) is 30.6 Å². The summed E-state index contributed by atoms with van der Waals surface area (Å²) in [5, 5.41) is 3.87. The molecule has 0 bridgehead atoms. The Morgan fingerprint density at radius 1 is 1.50 bits per heavy atom. The van der Waals surface area contributed by atoms with Crippen molar-refractivity contribution < 1.29 is 9.53 Å². The highest BCUT2D eigenvalue weighted by atomic mass is 16.5. The molecule has 2 N–H and O–H groups in total. The van der Waals surface area contributed by atoms with Gasteiger partial charge in [0.2, 0.25) is 0 Å². The van der Waals surface area contributed by atoms with Crippen LogP contribution in [0.5, 0.6) is 0 Å². The minimum Gasteiger partial charge on any atom is -0.463 e. The van der Waals surface area contributed by atoms with Crippen molar-refractivity contribution in [1.82, 2.24) is 24.7 Å². The van der Waals surface area contributed by atoms with E-state index in [-0.39, 0.29) is 5.82 Å². The molecule has 0 aliphatic carbocycles. The maximum Gasteiger partial charge on any atom is 0.377 e. The van der Waals surface area contributed by atoms with Crippen molar-refractivity contribution in [3.63, 3.8) is 0 Å². The Kier molecular flexibility index (Phi) is 2.46. The van der Waals surface area contributed by atoms with E-state index in [1.54, 1.807) is 0 Å². The summed E-state index contributed by atoms with van der Waals surface area (Å²) in [6.07, 6.45) is 4.08. The zero-order valence-electron chi connectivity index (χ0n) is 8.36. The van der Waals surface area contributed by atoms with Crippen LogP contribution in [0.1, 0.15) is 10.6 Å². The standard InChI is InChI=1S/C8H8N6O2/c1-16-8(15)6-12-4-14(13-6)7-5(9)2-10-3-11-7/h2-4H,9H2,1H3. The van der Waals surface area contributed by atoms with Gasteiger partial charge in [-0.2, -0.15) is 4.68 Å². The number of methoxy groups -OCH3 is 1. The van der Waals surface area contributed by atoms with Crippen molar-refractivity contribution in [1.29, 1.82) is 0 Å². The number of hydrogen-bond acceptors (Lipinski definition) is 7. The number of nitrogens with zero attached hydrogens (tertiary/aromatic N) is 5. The largest absolute Gasteiger partial charge is 0.463 e. The van der Waals surface area contributed by atoms with Crippen molar-refractivity contribution >= 4 is 11.7 Å². The van der Waals surface area contributed by atoms with Gasteiger partial charge in [-0.3, -0.25) is 0 Å². The molecule has 0 atom stereocenters. The second-order valence-electron chi connectivity index (χ2n) is 2.81. The number of rotatable bonds is 2. The molecule has 0 saturated carbocycles. The topological polar surface area (TPSA) is 109 Å². The molecule has 16 heavy (non-hydrogen) atoms. The van der Waals surface area contributed by atoms with E-state index in [0.717, 1.165) is 0 Å². The van der Waals surface area contributed by atoms with Crippen LogP contribution in [0.4, 0.5) is 5.69 Å². The van der Waals surface area contributed by atoms with Gasteiger partial charge in [-0.1, -0.05) is 0 Å². The minimum absolute atomic E-state index is 0.0551. The number of hydrogen-bond donors (Lipinski definition) is 1. The first-order chi connectivity index (χ1) is 7.72. The van der Waals surface area contributed by atoms with Crippen LogP contribution in [0.25, 0.3) is 5.82 Å². The number of nitrogens with two attached hydrogens (primary N) is 1. The zero-order valence-corrected chi connectivity index (χ0v) is 8.36. The summed E-state index contributed by atoms with van der Waals surface area (Å²) in [4.78, 5) is 22.5. The fourth-order valence-corrected chi connectivity index (χ4v) is 1.08. The fourth-order valence-electron chi connectivity index (χ4n) is 1.08. The molecule has 82 valence electrons. The molecular formula is C8H8N6O2. The monoisotopic (exact) mass is 220 g/mol. The van der Waals surface area contributed by atoms with Gasteiger partial charge in [0.1, 0.15) is 12.7 Å². The maximum atomic E-state index is 11.1. The Morgan fingerprint density at radius 2 is 2.31 bits per heavy atom. The van der Waals surface area contributed by atoms with Gasteiger partial charge in [-0.15, -0.1) is 5.10 Å². The highest BCUT2D eigenvalue weighted by Crippen LogP contribution is 2.09. The molecule has 0 aliphatic heterocycles. The van der Waals surface area contributed by atoms with Crippen molar-refractivity contribution in [2.75, 3.05) is 12.8 Å². The first-order valence-electron chi connectivity index (χ1n) is 4.28. The molecule has 0 spiro atoms. The molecule has 0 unspecified atom stereocenters. The van der Waals surface area contributed by atoms with Crippen LogP contribution >= 0.6 is 0 Å². The third kappa shape index (κ3) is 1.67. The fraction of sp³-hybridized carbons (Fsp3) is 0.125. The predicted octanol–water partition coefficient (Wildman–Crippen LogP) is -0.574. The number of esters is 1. The highest BCUT2D eigenvalue weighted by Gasteiger charge is 2.13. The Bertz CT molecular complexity index is 523. The number of nitrogen functional groups attached to an aromatic ring is 1. The molecule has 8 heteroatoms. The number of anilines is 1. The zero-order chi connectivity index (χ0) is 11.5. The summed E-state index contributed by atoms with van der Waals surface area (Å²) in [6, 6.07) is 0. The molecule has 2 aromatic heterocycles. The molecule has 0 amide bonds. The number of aromatic nitrogens is 5. The van der Waals surface area contributed by atoms with Crippen molar-refractivity contribution in [2.45, 2.75) is 0 Å². The molecule has 2 heterocycles. The van der Waals surface area contributed by atoms with Crippen LogP contribution in [-0.2, 0) is 4.74 Å². The van der Waals surface area contributed by atoms with Crippen LogP contribution < -0.4 is 5.73 Å². The van der Waals surface area contributed by atoms with E-state index in [9.17, 15) is 4.79 Å². The molecular weight excluding hydrogens is 212 g/mol. The van der Waals surface area contributed by atoms with Gasteiger partial charge in [0.05, 0.1) is 19.0 Å². The minimum atomic E-state index is -0.619. The first kappa shape index (κ1) is 10.0. The SMILES string of the molecule is COC(=O)c1ncn(-c2ncncc2N)n1. The van der Waals surface area contributed by atoms with E-state index in [4.69, 9.17) is 5.73 Å². The lowest BCUT2D eigenvalue weighted by molar-refractivity contribution is 0.0587. The summed E-state index contributed by atoms with van der Waals surface area (Å²) in [5.74, 6) is -0.315. The highest BCUT2D eigenvalue weighted by molar-refractivity contribution is 5.84. The Hall–Kier alpha value is -2.51. The average molecular weight is 220 g/mol. The average Bonchev–Trinajstić information content (AvgIpc) is 2.78. The smallest absolute Gasteiger partial charge is 0.377 e. The van der Waals surface area contributed by atoms with E-state index in [2.05, 4.69) is 24.8 Å². The third-order valence-electron chi connectivity index (χ3n) is 1.80. The van der Waals surface area contributed by atoms with Gasteiger partial charge in [0.25, 0.3) is 5.82 Å². The maximum absolute atomic E-state index is 11.1. The number of carbonyl (C=O) groups is 1. The lowest BCUT2D eigenvalue weighted by Gasteiger charge is -2.00. The number of carbonyl (C=O) groups excluding carboxylic acids is 1. The molecule has 0 saturated heterocycles.